The molecule has 1 heteroatoms. The van der Waals surface area contributed by atoms with Crippen LogP contribution >= 0.6 is 0 Å². The van der Waals surface area contributed by atoms with Crippen LogP contribution in [0.5, 0.6) is 0 Å². The highest BCUT2D eigenvalue weighted by atomic mass is 16.5. The maximum absolute atomic E-state index is 5.76. The van der Waals surface area contributed by atoms with Crippen LogP contribution in [-0.2, 0) is 4.74 Å². The highest BCUT2D eigenvalue weighted by Gasteiger charge is 2.11. The Bertz CT molecular complexity index is 241. The zero-order valence-electron chi connectivity index (χ0n) is 12.0. The molecule has 0 amide bonds. The lowest BCUT2D eigenvalue weighted by Crippen LogP contribution is -2.14. The van der Waals surface area contributed by atoms with E-state index in [-0.39, 0.29) is 5.41 Å². The molecule has 0 aliphatic heterocycles. The minimum absolute atomic E-state index is 0.214. The number of ether oxygens (including phenoxy) is 1. The van der Waals surface area contributed by atoms with Gasteiger partial charge in [0.05, 0.1) is 6.61 Å². The van der Waals surface area contributed by atoms with Crippen molar-refractivity contribution >= 4 is 0 Å². The monoisotopic (exact) mass is 224 g/mol. The highest BCUT2D eigenvalue weighted by molar-refractivity contribution is 5.12. The van der Waals surface area contributed by atoms with Crippen molar-refractivity contribution in [3.63, 3.8) is 0 Å². The van der Waals surface area contributed by atoms with Crippen molar-refractivity contribution in [3.8, 4) is 0 Å². The van der Waals surface area contributed by atoms with Crippen molar-refractivity contribution in [2.45, 2.75) is 48.5 Å². The molecule has 0 heterocycles. The fourth-order valence-electron chi connectivity index (χ4n) is 0.996. The molecule has 0 aromatic carbocycles. The van der Waals surface area contributed by atoms with Crippen molar-refractivity contribution in [2.75, 3.05) is 6.61 Å². The van der Waals surface area contributed by atoms with Crippen LogP contribution in [0, 0.1) is 17.3 Å². The van der Waals surface area contributed by atoms with Crippen LogP contribution in [0.15, 0.2) is 24.0 Å². The summed E-state index contributed by atoms with van der Waals surface area (Å²) in [6.45, 7) is 16.0. The van der Waals surface area contributed by atoms with Crippen molar-refractivity contribution in [1.82, 2.24) is 0 Å². The van der Waals surface area contributed by atoms with Crippen molar-refractivity contribution in [1.29, 1.82) is 0 Å². The standard InChI is InChI=1S/C15H28O/c1-8-14(16-11-15(5,6)7)10-9-13(4)12(2)3/h8-10,12-13H,11H2,1-7H3/b10-9-,14-8+. The number of allylic oxidation sites excluding steroid dienone is 3. The number of rotatable bonds is 5. The summed E-state index contributed by atoms with van der Waals surface area (Å²) >= 11 is 0. The number of hydrogen-bond acceptors (Lipinski definition) is 1. The van der Waals surface area contributed by atoms with Gasteiger partial charge in [0.1, 0.15) is 5.76 Å². The topological polar surface area (TPSA) is 9.23 Å². The normalized spacial score (nSPS) is 15.9. The van der Waals surface area contributed by atoms with Crippen LogP contribution in [0.25, 0.3) is 0 Å². The van der Waals surface area contributed by atoms with Gasteiger partial charge in [0.2, 0.25) is 0 Å². The zero-order valence-corrected chi connectivity index (χ0v) is 12.0. The van der Waals surface area contributed by atoms with Gasteiger partial charge in [-0.05, 0) is 36.3 Å². The third-order valence-corrected chi connectivity index (χ3v) is 2.57. The van der Waals surface area contributed by atoms with Gasteiger partial charge in [0, 0.05) is 0 Å². The molecule has 1 atom stereocenters. The first-order chi connectivity index (χ1) is 7.26. The van der Waals surface area contributed by atoms with E-state index in [4.69, 9.17) is 4.74 Å². The highest BCUT2D eigenvalue weighted by Crippen LogP contribution is 2.17. The van der Waals surface area contributed by atoms with Gasteiger partial charge in [-0.25, -0.2) is 0 Å². The van der Waals surface area contributed by atoms with Gasteiger partial charge in [0.25, 0.3) is 0 Å². The van der Waals surface area contributed by atoms with Crippen LogP contribution in [0.2, 0.25) is 0 Å². The van der Waals surface area contributed by atoms with Crippen molar-refractivity contribution in [3.05, 3.63) is 24.0 Å². The molecule has 0 radical (unpaired) electrons. The molecule has 0 N–H and O–H groups in total. The molecular formula is C15H28O. The van der Waals surface area contributed by atoms with E-state index in [1.54, 1.807) is 0 Å². The van der Waals surface area contributed by atoms with E-state index in [1.807, 2.05) is 13.0 Å². The molecule has 1 nitrogen and oxygen atoms in total. The van der Waals surface area contributed by atoms with Gasteiger partial charge in [-0.3, -0.25) is 0 Å². The molecule has 94 valence electrons. The third kappa shape index (κ3) is 7.56. The van der Waals surface area contributed by atoms with Crippen molar-refractivity contribution in [2.24, 2.45) is 17.3 Å². The molecule has 1 unspecified atom stereocenters. The molecular weight excluding hydrogens is 196 g/mol. The molecule has 0 fully saturated rings. The molecule has 0 spiro atoms. The van der Waals surface area contributed by atoms with Gasteiger partial charge in [0.15, 0.2) is 0 Å². The Kier molecular flexibility index (Phi) is 6.47. The van der Waals surface area contributed by atoms with E-state index in [0.29, 0.717) is 11.8 Å². The molecule has 16 heavy (non-hydrogen) atoms. The summed E-state index contributed by atoms with van der Waals surface area (Å²) in [7, 11) is 0. The Balaban J connectivity index is 4.23. The third-order valence-electron chi connectivity index (χ3n) is 2.57. The second-order valence-electron chi connectivity index (χ2n) is 6.00. The SMILES string of the molecule is C/C=C(\C=C/C(C)C(C)C)OCC(C)(C)C. The van der Waals surface area contributed by atoms with E-state index in [9.17, 15) is 0 Å². The lowest BCUT2D eigenvalue weighted by molar-refractivity contribution is 0.135. The first-order valence-electron chi connectivity index (χ1n) is 6.23. The van der Waals surface area contributed by atoms with Crippen LogP contribution in [0.1, 0.15) is 48.5 Å². The van der Waals surface area contributed by atoms with Crippen LogP contribution < -0.4 is 0 Å². The van der Waals surface area contributed by atoms with Gasteiger partial charge < -0.3 is 4.74 Å². The molecule has 0 aromatic rings. The second kappa shape index (κ2) is 6.78. The Morgan fingerprint density at radius 1 is 1.19 bits per heavy atom. The molecule has 0 rings (SSSR count). The van der Waals surface area contributed by atoms with E-state index < -0.39 is 0 Å². The Hall–Kier alpha value is -0.720. The number of hydrogen-bond donors (Lipinski definition) is 0. The summed E-state index contributed by atoms with van der Waals surface area (Å²) in [4.78, 5) is 0. The Labute approximate surface area is 102 Å². The quantitative estimate of drug-likeness (QED) is 0.481. The van der Waals surface area contributed by atoms with Gasteiger partial charge in [-0.2, -0.15) is 0 Å². The van der Waals surface area contributed by atoms with Crippen molar-refractivity contribution < 1.29 is 4.74 Å². The Morgan fingerprint density at radius 2 is 1.75 bits per heavy atom. The molecule has 0 saturated carbocycles. The summed E-state index contributed by atoms with van der Waals surface area (Å²) in [6, 6.07) is 0. The molecule has 0 aromatic heterocycles. The minimum atomic E-state index is 0.214. The van der Waals surface area contributed by atoms with E-state index in [1.165, 1.54) is 0 Å². The van der Waals surface area contributed by atoms with Gasteiger partial charge >= 0.3 is 0 Å². The predicted molar refractivity (Wildman–Crippen MR) is 72.3 cm³/mol. The lowest BCUT2D eigenvalue weighted by Gasteiger charge is -2.19. The summed E-state index contributed by atoms with van der Waals surface area (Å²) < 4.78 is 5.76. The Morgan fingerprint density at radius 3 is 2.12 bits per heavy atom. The van der Waals surface area contributed by atoms with Crippen LogP contribution in [0.4, 0.5) is 0 Å². The smallest absolute Gasteiger partial charge is 0.114 e. The van der Waals surface area contributed by atoms with Gasteiger partial charge in [-0.15, -0.1) is 0 Å². The van der Waals surface area contributed by atoms with E-state index >= 15 is 0 Å². The largest absolute Gasteiger partial charge is 0.493 e. The molecule has 0 saturated heterocycles. The average molecular weight is 224 g/mol. The maximum Gasteiger partial charge on any atom is 0.114 e. The summed E-state index contributed by atoms with van der Waals surface area (Å²) in [5.74, 6) is 2.24. The minimum Gasteiger partial charge on any atom is -0.493 e. The summed E-state index contributed by atoms with van der Waals surface area (Å²) in [5.41, 5.74) is 0.214. The van der Waals surface area contributed by atoms with E-state index in [2.05, 4.69) is 53.7 Å². The predicted octanol–water partition coefficient (Wildman–Crippen LogP) is 4.80. The van der Waals surface area contributed by atoms with E-state index in [0.717, 1.165) is 12.4 Å². The average Bonchev–Trinajstić information content (AvgIpc) is 2.15. The fourth-order valence-corrected chi connectivity index (χ4v) is 0.996. The van der Waals surface area contributed by atoms with Crippen LogP contribution in [-0.4, -0.2) is 6.61 Å². The first-order valence-corrected chi connectivity index (χ1v) is 6.23. The molecule has 0 aliphatic rings. The summed E-state index contributed by atoms with van der Waals surface area (Å²) in [6.07, 6.45) is 6.34. The first kappa shape index (κ1) is 15.3. The second-order valence-corrected chi connectivity index (χ2v) is 6.00. The molecule has 0 bridgehead atoms. The lowest BCUT2D eigenvalue weighted by atomic mass is 9.97. The maximum atomic E-state index is 5.76. The van der Waals surface area contributed by atoms with Crippen LogP contribution in [0.3, 0.4) is 0 Å². The zero-order chi connectivity index (χ0) is 12.8. The summed E-state index contributed by atoms with van der Waals surface area (Å²) in [5, 5.41) is 0. The fraction of sp³-hybridized carbons (Fsp3) is 0.733. The van der Waals surface area contributed by atoms with Gasteiger partial charge in [-0.1, -0.05) is 47.6 Å². The molecule has 0 aliphatic carbocycles.